The highest BCUT2D eigenvalue weighted by molar-refractivity contribution is 5.96. The van der Waals surface area contributed by atoms with E-state index in [9.17, 15) is 0 Å². The van der Waals surface area contributed by atoms with Crippen molar-refractivity contribution in [2.45, 2.75) is 19.1 Å². The summed E-state index contributed by atoms with van der Waals surface area (Å²) in [5.41, 5.74) is 4.55. The Labute approximate surface area is 203 Å². The number of aromatic nitrogens is 1. The molecule has 0 radical (unpaired) electrons. The van der Waals surface area contributed by atoms with Crippen molar-refractivity contribution in [2.75, 3.05) is 39.6 Å². The molecule has 1 fully saturated rings. The number of nitrogens with zero attached hydrogens (tertiary/aromatic N) is 3. The Morgan fingerprint density at radius 2 is 2.00 bits per heavy atom. The molecule has 1 unspecified atom stereocenters. The van der Waals surface area contributed by atoms with Crippen molar-refractivity contribution in [3.63, 3.8) is 0 Å². The molecule has 3 aliphatic rings. The molecular weight excluding hydrogens is 446 g/mol. The lowest BCUT2D eigenvalue weighted by molar-refractivity contribution is -0.103. The molecule has 4 heterocycles. The van der Waals surface area contributed by atoms with Crippen molar-refractivity contribution < 1.29 is 23.4 Å². The van der Waals surface area contributed by atoms with Crippen LogP contribution >= 0.6 is 0 Å². The molecule has 1 atom stereocenters. The largest absolute Gasteiger partial charge is 0.484 e. The summed E-state index contributed by atoms with van der Waals surface area (Å²) in [6.45, 7) is 4.02. The number of hydrogen-bond donors (Lipinski definition) is 0. The first-order chi connectivity index (χ1) is 17.3. The van der Waals surface area contributed by atoms with E-state index in [4.69, 9.17) is 23.4 Å². The maximum atomic E-state index is 6.01. The minimum absolute atomic E-state index is 0.0475. The monoisotopic (exact) mass is 473 g/mol. The van der Waals surface area contributed by atoms with Gasteiger partial charge in [-0.05, 0) is 30.2 Å². The molecule has 0 amide bonds. The minimum Gasteiger partial charge on any atom is -0.484 e. The van der Waals surface area contributed by atoms with Gasteiger partial charge in [0.1, 0.15) is 25.1 Å². The Morgan fingerprint density at radius 3 is 2.89 bits per heavy atom. The number of benzene rings is 2. The van der Waals surface area contributed by atoms with Crippen LogP contribution in [0.5, 0.6) is 5.75 Å². The molecule has 0 bridgehead atoms. The Morgan fingerprint density at radius 1 is 1.06 bits per heavy atom. The Balaban J connectivity index is 1.11. The average molecular weight is 474 g/mol. The molecular formula is C27H27N3O5. The molecule has 1 aromatic heterocycles. The summed E-state index contributed by atoms with van der Waals surface area (Å²) >= 11 is 0. The van der Waals surface area contributed by atoms with Gasteiger partial charge in [0.2, 0.25) is 11.8 Å². The topological polar surface area (TPSA) is 78.6 Å². The summed E-state index contributed by atoms with van der Waals surface area (Å²) in [6.07, 6.45) is 4.64. The fourth-order valence-corrected chi connectivity index (χ4v) is 4.45. The second kappa shape index (κ2) is 9.93. The molecule has 0 saturated carbocycles. The van der Waals surface area contributed by atoms with E-state index in [-0.39, 0.29) is 12.7 Å². The summed E-state index contributed by atoms with van der Waals surface area (Å²) < 4.78 is 28.9. The van der Waals surface area contributed by atoms with Gasteiger partial charge in [0, 0.05) is 23.7 Å². The first-order valence-corrected chi connectivity index (χ1v) is 11.9. The van der Waals surface area contributed by atoms with Crippen LogP contribution < -0.4 is 4.74 Å². The van der Waals surface area contributed by atoms with Crippen LogP contribution in [-0.2, 0) is 27.2 Å². The van der Waals surface area contributed by atoms with Gasteiger partial charge in [-0.1, -0.05) is 30.3 Å². The van der Waals surface area contributed by atoms with E-state index in [1.54, 1.807) is 6.20 Å². The standard InChI is InChI=1S/C27H27N3O5/c1-2-4-19(5-3-1)25-14-28-27(35-25)17-33-21-6-7-23-20(12-21)8-9-30-18-29-26(13-24(23)30)34-16-22-15-31-10-11-32-22/h1-7,12-14,22H,8-11,15-18H2. The van der Waals surface area contributed by atoms with Crippen molar-refractivity contribution >= 4 is 11.6 Å². The number of oxazole rings is 1. The lowest BCUT2D eigenvalue weighted by Gasteiger charge is -2.34. The van der Waals surface area contributed by atoms with Crippen molar-refractivity contribution in [1.82, 2.24) is 9.88 Å². The maximum Gasteiger partial charge on any atom is 0.232 e. The van der Waals surface area contributed by atoms with Crippen LogP contribution in [0, 0.1) is 0 Å². The normalized spacial score (nSPS) is 19.3. The van der Waals surface area contributed by atoms with Gasteiger partial charge in [-0.2, -0.15) is 0 Å². The summed E-state index contributed by atoms with van der Waals surface area (Å²) in [7, 11) is 0. The molecule has 8 heteroatoms. The lowest BCUT2D eigenvalue weighted by atomic mass is 9.95. The number of ether oxygens (including phenoxy) is 4. The summed E-state index contributed by atoms with van der Waals surface area (Å²) in [5.74, 6) is 2.72. The second-order valence-electron chi connectivity index (χ2n) is 8.65. The molecule has 0 spiro atoms. The first-order valence-electron chi connectivity index (χ1n) is 11.9. The van der Waals surface area contributed by atoms with Gasteiger partial charge in [0.25, 0.3) is 0 Å². The highest BCUT2D eigenvalue weighted by Gasteiger charge is 2.25. The van der Waals surface area contributed by atoms with Crippen molar-refractivity contribution in [3.05, 3.63) is 77.8 Å². The van der Waals surface area contributed by atoms with Gasteiger partial charge in [-0.25, -0.2) is 9.98 Å². The van der Waals surface area contributed by atoms with Gasteiger partial charge in [-0.3, -0.25) is 0 Å². The SMILES string of the molecule is C1=C2c3ccc(OCc4ncc(-c5ccccc5)o4)cc3CCN2CN=C1OCC1COCCO1. The number of hydrogen-bond acceptors (Lipinski definition) is 8. The molecule has 2 aromatic carbocycles. The fourth-order valence-electron chi connectivity index (χ4n) is 4.45. The average Bonchev–Trinajstić information content (AvgIpc) is 3.41. The van der Waals surface area contributed by atoms with E-state index < -0.39 is 0 Å². The van der Waals surface area contributed by atoms with Crippen LogP contribution in [0.25, 0.3) is 17.0 Å². The summed E-state index contributed by atoms with van der Waals surface area (Å²) in [4.78, 5) is 11.2. The van der Waals surface area contributed by atoms with Crippen LogP contribution in [0.1, 0.15) is 17.0 Å². The molecule has 3 aromatic rings. The summed E-state index contributed by atoms with van der Waals surface area (Å²) in [6, 6.07) is 16.1. The quantitative estimate of drug-likeness (QED) is 0.537. The molecule has 8 nitrogen and oxygen atoms in total. The smallest absolute Gasteiger partial charge is 0.232 e. The van der Waals surface area contributed by atoms with Gasteiger partial charge in [0.15, 0.2) is 12.4 Å². The third kappa shape index (κ3) is 4.94. The zero-order valence-corrected chi connectivity index (χ0v) is 19.4. The highest BCUT2D eigenvalue weighted by atomic mass is 16.6. The summed E-state index contributed by atoms with van der Waals surface area (Å²) in [5, 5.41) is 0. The van der Waals surface area contributed by atoms with Crippen LogP contribution in [0.15, 0.2) is 70.2 Å². The van der Waals surface area contributed by atoms with E-state index in [1.165, 1.54) is 11.1 Å². The van der Waals surface area contributed by atoms with Crippen molar-refractivity contribution in [2.24, 2.45) is 4.99 Å². The van der Waals surface area contributed by atoms with Crippen molar-refractivity contribution in [3.8, 4) is 17.1 Å². The maximum absolute atomic E-state index is 6.01. The van der Waals surface area contributed by atoms with Gasteiger partial charge in [-0.15, -0.1) is 0 Å². The number of fused-ring (bicyclic) bond motifs is 3. The molecule has 0 aliphatic carbocycles. The number of rotatable bonds is 6. The van der Waals surface area contributed by atoms with Gasteiger partial charge < -0.3 is 28.3 Å². The molecule has 6 rings (SSSR count). The second-order valence-corrected chi connectivity index (χ2v) is 8.65. The fraction of sp³-hybridized carbons (Fsp3) is 0.333. The first kappa shape index (κ1) is 21.9. The molecule has 0 N–H and O–H groups in total. The van der Waals surface area contributed by atoms with E-state index in [1.807, 2.05) is 42.5 Å². The Hall–Kier alpha value is -3.62. The van der Waals surface area contributed by atoms with Gasteiger partial charge >= 0.3 is 0 Å². The third-order valence-electron chi connectivity index (χ3n) is 6.28. The Kier molecular flexibility index (Phi) is 6.21. The molecule has 35 heavy (non-hydrogen) atoms. The minimum atomic E-state index is -0.0475. The van der Waals surface area contributed by atoms with E-state index in [0.29, 0.717) is 44.9 Å². The molecule has 180 valence electrons. The van der Waals surface area contributed by atoms with Crippen LogP contribution in [0.3, 0.4) is 0 Å². The lowest BCUT2D eigenvalue weighted by Crippen LogP contribution is -2.35. The van der Waals surface area contributed by atoms with E-state index in [2.05, 4.69) is 27.0 Å². The van der Waals surface area contributed by atoms with Crippen LogP contribution in [0.2, 0.25) is 0 Å². The molecule has 3 aliphatic heterocycles. The predicted molar refractivity (Wildman–Crippen MR) is 130 cm³/mol. The van der Waals surface area contributed by atoms with Crippen molar-refractivity contribution in [1.29, 1.82) is 0 Å². The molecule has 1 saturated heterocycles. The number of aliphatic imine (C=N–C) groups is 1. The van der Waals surface area contributed by atoms with E-state index >= 15 is 0 Å². The predicted octanol–water partition coefficient (Wildman–Crippen LogP) is 3.92. The highest BCUT2D eigenvalue weighted by Crippen LogP contribution is 2.33. The van der Waals surface area contributed by atoms with E-state index in [0.717, 1.165) is 35.7 Å². The van der Waals surface area contributed by atoms with Gasteiger partial charge in [0.05, 0.1) is 31.7 Å². The Bertz CT molecular complexity index is 1230. The van der Waals surface area contributed by atoms with Crippen LogP contribution in [-0.4, -0.2) is 61.5 Å². The van der Waals surface area contributed by atoms with Crippen LogP contribution in [0.4, 0.5) is 0 Å². The third-order valence-corrected chi connectivity index (χ3v) is 6.28. The zero-order chi connectivity index (χ0) is 23.5. The zero-order valence-electron chi connectivity index (χ0n) is 19.4.